The molecule has 0 aliphatic carbocycles. The fourth-order valence-electron chi connectivity index (χ4n) is 1.91. The number of carbonyl (C=O) groups is 2. The maximum atomic E-state index is 13.5. The molecule has 0 aromatic heterocycles. The van der Waals surface area contributed by atoms with Crippen molar-refractivity contribution in [2.24, 2.45) is 0 Å². The Kier molecular flexibility index (Phi) is 6.17. The van der Waals surface area contributed by atoms with Crippen LogP contribution in [0.4, 0.5) is 10.1 Å². The Bertz CT molecular complexity index is 767. The molecule has 2 aromatic carbocycles. The Morgan fingerprint density at radius 3 is 2.54 bits per heavy atom. The van der Waals surface area contributed by atoms with Crippen LogP contribution in [0.1, 0.15) is 12.5 Å². The maximum Gasteiger partial charge on any atom is 0.311 e. The first-order valence-corrected chi connectivity index (χ1v) is 7.81. The minimum atomic E-state index is -1.07. The molecule has 0 radical (unpaired) electrons. The summed E-state index contributed by atoms with van der Waals surface area (Å²) < 4.78 is 18.5. The molecule has 4 nitrogen and oxygen atoms in total. The Morgan fingerprint density at radius 1 is 1.17 bits per heavy atom. The number of esters is 1. The van der Waals surface area contributed by atoms with E-state index in [2.05, 4.69) is 5.32 Å². The number of benzene rings is 2. The predicted octanol–water partition coefficient (Wildman–Crippen LogP) is 4.25. The average Bonchev–Trinajstić information content (AvgIpc) is 2.53. The molecule has 0 saturated heterocycles. The third-order valence-electron chi connectivity index (χ3n) is 3.14. The predicted molar refractivity (Wildman–Crippen MR) is 90.7 cm³/mol. The van der Waals surface area contributed by atoms with Crippen molar-refractivity contribution in [3.63, 3.8) is 0 Å². The Balaban J connectivity index is 1.92. The Labute approximate surface area is 148 Å². The maximum absolute atomic E-state index is 13.5. The normalized spacial score (nSPS) is 11.7. The third kappa shape index (κ3) is 4.94. The van der Waals surface area contributed by atoms with Crippen LogP contribution in [0.3, 0.4) is 0 Å². The number of anilines is 1. The van der Waals surface area contributed by atoms with Crippen LogP contribution >= 0.6 is 23.2 Å². The standard InChI is InChI=1S/C17H14Cl2FNO3/c1-10(17(23)21-15-5-3-2-4-14(15)20)24-16(22)9-11-6-7-12(18)13(19)8-11/h2-8,10H,9H2,1H3,(H,21,23). The van der Waals surface area contributed by atoms with Gasteiger partial charge in [-0.25, -0.2) is 4.39 Å². The molecule has 0 bridgehead atoms. The van der Waals surface area contributed by atoms with Crippen molar-refractivity contribution in [3.8, 4) is 0 Å². The van der Waals surface area contributed by atoms with Gasteiger partial charge in [-0.3, -0.25) is 9.59 Å². The second-order valence-electron chi connectivity index (χ2n) is 5.03. The summed E-state index contributed by atoms with van der Waals surface area (Å²) in [6.45, 7) is 1.41. The van der Waals surface area contributed by atoms with Crippen LogP contribution in [0.5, 0.6) is 0 Å². The molecule has 1 atom stereocenters. The summed E-state index contributed by atoms with van der Waals surface area (Å²) in [7, 11) is 0. The van der Waals surface area contributed by atoms with Gasteiger partial charge in [0.1, 0.15) is 5.82 Å². The van der Waals surface area contributed by atoms with Crippen molar-refractivity contribution in [2.45, 2.75) is 19.4 Å². The van der Waals surface area contributed by atoms with Crippen LogP contribution in [0, 0.1) is 5.82 Å². The first-order chi connectivity index (χ1) is 11.4. The highest BCUT2D eigenvalue weighted by molar-refractivity contribution is 6.42. The minimum Gasteiger partial charge on any atom is -0.452 e. The van der Waals surface area contributed by atoms with Crippen molar-refractivity contribution in [2.75, 3.05) is 5.32 Å². The van der Waals surface area contributed by atoms with E-state index >= 15 is 0 Å². The second kappa shape index (κ2) is 8.13. The summed E-state index contributed by atoms with van der Waals surface area (Å²) >= 11 is 11.7. The molecule has 0 aliphatic rings. The van der Waals surface area contributed by atoms with Crippen LogP contribution in [0.2, 0.25) is 10.0 Å². The van der Waals surface area contributed by atoms with Gasteiger partial charge in [-0.15, -0.1) is 0 Å². The number of rotatable bonds is 5. The van der Waals surface area contributed by atoms with Crippen LogP contribution in [0.25, 0.3) is 0 Å². The van der Waals surface area contributed by atoms with Gasteiger partial charge in [0.25, 0.3) is 5.91 Å². The number of para-hydroxylation sites is 1. The number of amides is 1. The van der Waals surface area contributed by atoms with E-state index in [0.717, 1.165) is 0 Å². The highest BCUT2D eigenvalue weighted by atomic mass is 35.5. The molecule has 7 heteroatoms. The summed E-state index contributed by atoms with van der Waals surface area (Å²) in [5, 5.41) is 3.07. The summed E-state index contributed by atoms with van der Waals surface area (Å²) in [5.41, 5.74) is 0.631. The van der Waals surface area contributed by atoms with Crippen molar-refractivity contribution >= 4 is 40.8 Å². The van der Waals surface area contributed by atoms with Crippen molar-refractivity contribution in [1.29, 1.82) is 0 Å². The van der Waals surface area contributed by atoms with Gasteiger partial charge < -0.3 is 10.1 Å². The first kappa shape index (κ1) is 18.2. The lowest BCUT2D eigenvalue weighted by atomic mass is 10.1. The lowest BCUT2D eigenvalue weighted by Crippen LogP contribution is -2.30. The average molecular weight is 370 g/mol. The molecule has 2 aromatic rings. The molecule has 1 amide bonds. The lowest BCUT2D eigenvalue weighted by Gasteiger charge is -2.14. The molecule has 0 saturated carbocycles. The quantitative estimate of drug-likeness (QED) is 0.801. The summed E-state index contributed by atoms with van der Waals surface area (Å²) in [6, 6.07) is 10.5. The van der Waals surface area contributed by atoms with E-state index in [1.165, 1.54) is 25.1 Å². The van der Waals surface area contributed by atoms with E-state index in [9.17, 15) is 14.0 Å². The van der Waals surface area contributed by atoms with E-state index in [1.54, 1.807) is 24.3 Å². The van der Waals surface area contributed by atoms with Gasteiger partial charge in [0.15, 0.2) is 6.10 Å². The number of nitrogens with one attached hydrogen (secondary N) is 1. The second-order valence-corrected chi connectivity index (χ2v) is 5.84. The van der Waals surface area contributed by atoms with Gasteiger partial charge in [0.05, 0.1) is 22.2 Å². The van der Waals surface area contributed by atoms with E-state index in [-0.39, 0.29) is 12.1 Å². The van der Waals surface area contributed by atoms with Gasteiger partial charge in [-0.05, 0) is 36.8 Å². The monoisotopic (exact) mass is 369 g/mol. The molecule has 1 unspecified atom stereocenters. The number of hydrogen-bond donors (Lipinski definition) is 1. The van der Waals surface area contributed by atoms with Crippen LogP contribution in [-0.4, -0.2) is 18.0 Å². The highest BCUT2D eigenvalue weighted by Crippen LogP contribution is 2.23. The highest BCUT2D eigenvalue weighted by Gasteiger charge is 2.19. The smallest absolute Gasteiger partial charge is 0.311 e. The van der Waals surface area contributed by atoms with E-state index in [0.29, 0.717) is 15.6 Å². The number of halogens is 3. The van der Waals surface area contributed by atoms with Gasteiger partial charge >= 0.3 is 5.97 Å². The van der Waals surface area contributed by atoms with E-state index < -0.39 is 23.8 Å². The molecule has 0 heterocycles. The van der Waals surface area contributed by atoms with Crippen molar-refractivity contribution in [3.05, 3.63) is 63.9 Å². The number of hydrogen-bond acceptors (Lipinski definition) is 3. The molecule has 126 valence electrons. The van der Waals surface area contributed by atoms with E-state index in [1.807, 2.05) is 0 Å². The molecule has 0 spiro atoms. The van der Waals surface area contributed by atoms with E-state index in [4.69, 9.17) is 27.9 Å². The third-order valence-corrected chi connectivity index (χ3v) is 3.88. The van der Waals surface area contributed by atoms with Crippen LogP contribution < -0.4 is 5.32 Å². The zero-order chi connectivity index (χ0) is 17.7. The molecule has 1 N–H and O–H groups in total. The SMILES string of the molecule is CC(OC(=O)Cc1ccc(Cl)c(Cl)c1)C(=O)Nc1ccccc1F. The molecule has 2 rings (SSSR count). The topological polar surface area (TPSA) is 55.4 Å². The van der Waals surface area contributed by atoms with Gasteiger partial charge in [0, 0.05) is 0 Å². The summed E-state index contributed by atoms with van der Waals surface area (Å²) in [5.74, 6) is -1.80. The molecular weight excluding hydrogens is 356 g/mol. The van der Waals surface area contributed by atoms with Gasteiger partial charge in [-0.1, -0.05) is 41.4 Å². The first-order valence-electron chi connectivity index (χ1n) is 7.05. The number of ether oxygens (including phenoxy) is 1. The summed E-state index contributed by atoms with van der Waals surface area (Å²) in [6.07, 6.45) is -1.13. The zero-order valence-corrected chi connectivity index (χ0v) is 14.2. The van der Waals surface area contributed by atoms with Crippen molar-refractivity contribution < 1.29 is 18.7 Å². The number of carbonyl (C=O) groups excluding carboxylic acids is 2. The van der Waals surface area contributed by atoms with Crippen LogP contribution in [0.15, 0.2) is 42.5 Å². The largest absolute Gasteiger partial charge is 0.452 e. The van der Waals surface area contributed by atoms with Gasteiger partial charge in [-0.2, -0.15) is 0 Å². The van der Waals surface area contributed by atoms with Crippen molar-refractivity contribution in [1.82, 2.24) is 0 Å². The molecular formula is C17H14Cl2FNO3. The van der Waals surface area contributed by atoms with Gasteiger partial charge in [0.2, 0.25) is 0 Å². The zero-order valence-electron chi connectivity index (χ0n) is 12.7. The lowest BCUT2D eigenvalue weighted by molar-refractivity contribution is -0.152. The fourth-order valence-corrected chi connectivity index (χ4v) is 2.23. The Morgan fingerprint density at radius 2 is 1.88 bits per heavy atom. The molecule has 0 fully saturated rings. The molecule has 0 aliphatic heterocycles. The molecule has 24 heavy (non-hydrogen) atoms. The Hall–Kier alpha value is -2.11. The minimum absolute atomic E-state index is 0.0230. The fraction of sp³-hybridized carbons (Fsp3) is 0.176. The summed E-state index contributed by atoms with van der Waals surface area (Å²) in [4.78, 5) is 23.8. The van der Waals surface area contributed by atoms with Crippen LogP contribution in [-0.2, 0) is 20.7 Å².